The van der Waals surface area contributed by atoms with E-state index in [1.54, 1.807) is 0 Å². The fraction of sp³-hybridized carbons (Fsp3) is 0.286. The number of nitrogens with zero attached hydrogens (tertiary/aromatic N) is 1. The van der Waals surface area contributed by atoms with Crippen molar-refractivity contribution >= 4 is 11.9 Å². The number of hydrogen-bond donors (Lipinski definition) is 0. The van der Waals surface area contributed by atoms with E-state index in [9.17, 15) is 0 Å². The average molecular weight is 291 g/mol. The zero-order valence-electron chi connectivity index (χ0n) is 13.6. The SMILES string of the molecule is C/C=C/CCc1ccc(C=Nc2ccc(CCC)cc2)cc1. The van der Waals surface area contributed by atoms with Crippen LogP contribution in [0, 0.1) is 0 Å². The van der Waals surface area contributed by atoms with Crippen molar-refractivity contribution in [3.05, 3.63) is 77.4 Å². The number of hydrogen-bond acceptors (Lipinski definition) is 1. The fourth-order valence-electron chi connectivity index (χ4n) is 2.37. The van der Waals surface area contributed by atoms with Gasteiger partial charge in [-0.2, -0.15) is 0 Å². The van der Waals surface area contributed by atoms with E-state index in [2.05, 4.69) is 79.5 Å². The number of aryl methyl sites for hydroxylation is 2. The molecule has 0 amide bonds. The quantitative estimate of drug-likeness (QED) is 0.445. The third-order valence-corrected chi connectivity index (χ3v) is 3.65. The molecule has 0 spiro atoms. The van der Waals surface area contributed by atoms with E-state index in [-0.39, 0.29) is 0 Å². The smallest absolute Gasteiger partial charge is 0.0630 e. The lowest BCUT2D eigenvalue weighted by atomic mass is 10.1. The Morgan fingerprint density at radius 3 is 2.14 bits per heavy atom. The van der Waals surface area contributed by atoms with Gasteiger partial charge < -0.3 is 0 Å². The largest absolute Gasteiger partial charge is 0.256 e. The Morgan fingerprint density at radius 1 is 0.864 bits per heavy atom. The highest BCUT2D eigenvalue weighted by Crippen LogP contribution is 2.14. The maximum atomic E-state index is 4.55. The van der Waals surface area contributed by atoms with Crippen molar-refractivity contribution in [2.24, 2.45) is 4.99 Å². The van der Waals surface area contributed by atoms with Crippen LogP contribution in [0.5, 0.6) is 0 Å². The highest BCUT2D eigenvalue weighted by atomic mass is 14.7. The summed E-state index contributed by atoms with van der Waals surface area (Å²) in [6.07, 6.45) is 10.8. The summed E-state index contributed by atoms with van der Waals surface area (Å²) in [4.78, 5) is 4.55. The molecule has 114 valence electrons. The van der Waals surface area contributed by atoms with Crippen LogP contribution in [0.25, 0.3) is 0 Å². The molecule has 0 aromatic heterocycles. The molecule has 0 heterocycles. The second-order valence-corrected chi connectivity index (χ2v) is 5.52. The molecule has 2 aromatic rings. The lowest BCUT2D eigenvalue weighted by Crippen LogP contribution is -1.86. The minimum atomic E-state index is 1.01. The number of rotatable bonds is 7. The Hall–Kier alpha value is -2.15. The topological polar surface area (TPSA) is 12.4 Å². The van der Waals surface area contributed by atoms with Gasteiger partial charge in [0.15, 0.2) is 0 Å². The normalized spacial score (nSPS) is 11.5. The van der Waals surface area contributed by atoms with E-state index < -0.39 is 0 Å². The Kier molecular flexibility index (Phi) is 6.63. The predicted molar refractivity (Wildman–Crippen MR) is 97.3 cm³/mol. The molecule has 0 fully saturated rings. The highest BCUT2D eigenvalue weighted by molar-refractivity contribution is 5.81. The van der Waals surface area contributed by atoms with Crippen LogP contribution in [-0.4, -0.2) is 6.21 Å². The minimum absolute atomic E-state index is 1.01. The first-order chi connectivity index (χ1) is 10.8. The molecule has 0 saturated heterocycles. The molecule has 1 nitrogen and oxygen atoms in total. The Bertz CT molecular complexity index is 603. The lowest BCUT2D eigenvalue weighted by molar-refractivity contribution is 0.922. The third kappa shape index (κ3) is 5.33. The molecule has 0 bridgehead atoms. The first-order valence-corrected chi connectivity index (χ1v) is 8.15. The summed E-state index contributed by atoms with van der Waals surface area (Å²) in [5.41, 5.74) is 4.91. The first kappa shape index (κ1) is 16.2. The van der Waals surface area contributed by atoms with Crippen molar-refractivity contribution < 1.29 is 0 Å². The van der Waals surface area contributed by atoms with Crippen LogP contribution < -0.4 is 0 Å². The molecular formula is C21H25N. The Balaban J connectivity index is 1.94. The van der Waals surface area contributed by atoms with Crippen LogP contribution in [0.4, 0.5) is 5.69 Å². The van der Waals surface area contributed by atoms with Crippen LogP contribution in [0.1, 0.15) is 43.4 Å². The van der Waals surface area contributed by atoms with Crippen LogP contribution in [0.15, 0.2) is 65.7 Å². The summed E-state index contributed by atoms with van der Waals surface area (Å²) in [7, 11) is 0. The second-order valence-electron chi connectivity index (χ2n) is 5.52. The maximum absolute atomic E-state index is 4.55. The molecule has 0 unspecified atom stereocenters. The molecule has 0 aliphatic heterocycles. The molecule has 1 heteroatoms. The highest BCUT2D eigenvalue weighted by Gasteiger charge is 1.94. The van der Waals surface area contributed by atoms with Crippen LogP contribution >= 0.6 is 0 Å². The molecule has 0 atom stereocenters. The predicted octanol–water partition coefficient (Wildman–Crippen LogP) is 5.90. The summed E-state index contributed by atoms with van der Waals surface area (Å²) in [6, 6.07) is 17.2. The molecule has 2 aromatic carbocycles. The van der Waals surface area contributed by atoms with Crippen LogP contribution in [-0.2, 0) is 12.8 Å². The molecule has 0 aliphatic rings. The zero-order chi connectivity index (χ0) is 15.6. The van der Waals surface area contributed by atoms with Gasteiger partial charge in [-0.25, -0.2) is 0 Å². The van der Waals surface area contributed by atoms with E-state index in [4.69, 9.17) is 0 Å². The Morgan fingerprint density at radius 2 is 1.50 bits per heavy atom. The monoisotopic (exact) mass is 291 g/mol. The Labute approximate surface area is 134 Å². The average Bonchev–Trinajstić information content (AvgIpc) is 2.56. The van der Waals surface area contributed by atoms with E-state index in [1.165, 1.54) is 17.5 Å². The summed E-state index contributed by atoms with van der Waals surface area (Å²) < 4.78 is 0. The molecule has 2 rings (SSSR count). The van der Waals surface area contributed by atoms with Gasteiger partial charge in [0, 0.05) is 6.21 Å². The van der Waals surface area contributed by atoms with E-state index in [0.29, 0.717) is 0 Å². The van der Waals surface area contributed by atoms with Gasteiger partial charge in [-0.1, -0.05) is 61.9 Å². The molecule has 0 radical (unpaired) electrons. The third-order valence-electron chi connectivity index (χ3n) is 3.65. The first-order valence-electron chi connectivity index (χ1n) is 8.15. The molecule has 0 N–H and O–H groups in total. The fourth-order valence-corrected chi connectivity index (χ4v) is 2.37. The van der Waals surface area contributed by atoms with Crippen molar-refractivity contribution in [3.63, 3.8) is 0 Å². The van der Waals surface area contributed by atoms with Crippen molar-refractivity contribution in [1.82, 2.24) is 0 Å². The van der Waals surface area contributed by atoms with Gasteiger partial charge in [0.1, 0.15) is 0 Å². The number of allylic oxidation sites excluding steroid dienone is 2. The van der Waals surface area contributed by atoms with Gasteiger partial charge in [-0.15, -0.1) is 0 Å². The van der Waals surface area contributed by atoms with Crippen molar-refractivity contribution in [3.8, 4) is 0 Å². The number of aliphatic imine (C=N–C) groups is 1. The summed E-state index contributed by atoms with van der Waals surface area (Å²) in [6.45, 7) is 4.27. The van der Waals surface area contributed by atoms with Crippen LogP contribution in [0.3, 0.4) is 0 Å². The van der Waals surface area contributed by atoms with Crippen molar-refractivity contribution in [2.75, 3.05) is 0 Å². The van der Waals surface area contributed by atoms with E-state index >= 15 is 0 Å². The number of benzene rings is 2. The molecule has 0 saturated carbocycles. The van der Waals surface area contributed by atoms with Gasteiger partial charge >= 0.3 is 0 Å². The maximum Gasteiger partial charge on any atom is 0.0630 e. The molecule has 0 aliphatic carbocycles. The van der Waals surface area contributed by atoms with Gasteiger partial charge in [-0.3, -0.25) is 4.99 Å². The molecule has 22 heavy (non-hydrogen) atoms. The van der Waals surface area contributed by atoms with Gasteiger partial charge in [0.25, 0.3) is 0 Å². The van der Waals surface area contributed by atoms with Crippen LogP contribution in [0.2, 0.25) is 0 Å². The summed E-state index contributed by atoms with van der Waals surface area (Å²) in [5, 5.41) is 0. The van der Waals surface area contributed by atoms with E-state index in [0.717, 1.165) is 30.5 Å². The van der Waals surface area contributed by atoms with Gasteiger partial charge in [0.05, 0.1) is 5.69 Å². The van der Waals surface area contributed by atoms with E-state index in [1.807, 2.05) is 6.21 Å². The minimum Gasteiger partial charge on any atom is -0.256 e. The molecular weight excluding hydrogens is 266 g/mol. The summed E-state index contributed by atoms with van der Waals surface area (Å²) >= 11 is 0. The van der Waals surface area contributed by atoms with Gasteiger partial charge in [-0.05, 0) is 55.0 Å². The van der Waals surface area contributed by atoms with Crippen molar-refractivity contribution in [2.45, 2.75) is 39.5 Å². The lowest BCUT2D eigenvalue weighted by Gasteiger charge is -2.00. The zero-order valence-corrected chi connectivity index (χ0v) is 13.6. The van der Waals surface area contributed by atoms with Crippen molar-refractivity contribution in [1.29, 1.82) is 0 Å². The summed E-state index contributed by atoms with van der Waals surface area (Å²) in [5.74, 6) is 0. The van der Waals surface area contributed by atoms with Gasteiger partial charge in [0.2, 0.25) is 0 Å². The second kappa shape index (κ2) is 8.99. The standard InChI is InChI=1S/C21H25N/c1-3-5-6-8-19-9-11-20(12-10-19)17-22-21-15-13-18(7-4-2)14-16-21/h3,5,9-17H,4,6-8H2,1-2H3/b5-3+,22-17?.